The molecule has 0 atom stereocenters. The van der Waals surface area contributed by atoms with E-state index in [1.54, 1.807) is 17.7 Å². The summed E-state index contributed by atoms with van der Waals surface area (Å²) in [4.78, 5) is 29.7. The van der Waals surface area contributed by atoms with Crippen molar-refractivity contribution < 1.29 is 22.8 Å². The summed E-state index contributed by atoms with van der Waals surface area (Å²) in [5.41, 5.74) is 1.20. The average molecular weight is 468 g/mol. The minimum atomic E-state index is -0.663. The largest absolute Gasteiger partial charge is 0.469 e. The molecule has 33 heavy (non-hydrogen) atoms. The van der Waals surface area contributed by atoms with Gasteiger partial charge in [-0.05, 0) is 61.7 Å². The molecular weight excluding hydrogens is 450 g/mol. The zero-order chi connectivity index (χ0) is 23.5. The number of rotatable bonds is 6. The Morgan fingerprint density at radius 3 is 2.45 bits per heavy atom. The van der Waals surface area contributed by atoms with E-state index in [0.29, 0.717) is 16.6 Å². The van der Waals surface area contributed by atoms with E-state index >= 15 is 0 Å². The number of furan rings is 1. The lowest BCUT2D eigenvalue weighted by atomic mass is 10.2. The Morgan fingerprint density at radius 1 is 1.03 bits per heavy atom. The van der Waals surface area contributed by atoms with Crippen molar-refractivity contribution in [2.75, 3.05) is 16.9 Å². The summed E-state index contributed by atoms with van der Waals surface area (Å²) in [6.45, 7) is 1.62. The van der Waals surface area contributed by atoms with Gasteiger partial charge < -0.3 is 15.1 Å². The lowest BCUT2D eigenvalue weighted by molar-refractivity contribution is 0.101. The second-order valence-corrected chi connectivity index (χ2v) is 7.71. The Bertz CT molecular complexity index is 1330. The summed E-state index contributed by atoms with van der Waals surface area (Å²) in [7, 11) is 0. The number of nitrogens with zero attached hydrogens (tertiary/aromatic N) is 2. The van der Waals surface area contributed by atoms with Gasteiger partial charge in [-0.25, -0.2) is 13.8 Å². The first-order chi connectivity index (χ1) is 15.9. The van der Waals surface area contributed by atoms with Gasteiger partial charge in [0.05, 0.1) is 23.7 Å². The molecule has 168 valence electrons. The standard InChI is InChI=1S/C23H18F2N4O3S/c1-13-17(9-10-32-13)21(30)28-19-11-15(5-8-18(19)25)27-22(31)20-12-26-23(33-2)29(20)16-6-3-14(24)4-7-16/h3-12H,1-2H3,(H,27,31)(H,28,30). The van der Waals surface area contributed by atoms with Crippen LogP contribution in [0, 0.1) is 18.6 Å². The molecule has 2 heterocycles. The van der Waals surface area contributed by atoms with E-state index in [1.807, 2.05) is 0 Å². The summed E-state index contributed by atoms with van der Waals surface area (Å²) in [6, 6.07) is 11.0. The smallest absolute Gasteiger partial charge is 0.274 e. The molecule has 4 rings (SSSR count). The van der Waals surface area contributed by atoms with Crippen LogP contribution >= 0.6 is 11.8 Å². The van der Waals surface area contributed by atoms with E-state index in [-0.39, 0.29) is 22.6 Å². The predicted molar refractivity (Wildman–Crippen MR) is 121 cm³/mol. The minimum Gasteiger partial charge on any atom is -0.469 e. The van der Waals surface area contributed by atoms with Gasteiger partial charge in [0, 0.05) is 11.4 Å². The summed E-state index contributed by atoms with van der Waals surface area (Å²) in [5, 5.41) is 5.70. The maximum Gasteiger partial charge on any atom is 0.274 e. The molecule has 2 aromatic carbocycles. The average Bonchev–Trinajstić information content (AvgIpc) is 3.42. The normalized spacial score (nSPS) is 10.8. The van der Waals surface area contributed by atoms with Crippen LogP contribution in [0.25, 0.3) is 5.69 Å². The maximum absolute atomic E-state index is 14.3. The number of nitrogens with one attached hydrogen (secondary N) is 2. The van der Waals surface area contributed by atoms with Gasteiger partial charge in [-0.2, -0.15) is 0 Å². The number of aryl methyl sites for hydroxylation is 1. The second-order valence-electron chi connectivity index (χ2n) is 6.94. The molecular formula is C23H18F2N4O3S. The van der Waals surface area contributed by atoms with Crippen molar-refractivity contribution in [1.29, 1.82) is 0 Å². The zero-order valence-corrected chi connectivity index (χ0v) is 18.4. The van der Waals surface area contributed by atoms with Gasteiger partial charge in [-0.15, -0.1) is 0 Å². The van der Waals surface area contributed by atoms with Crippen LogP contribution in [-0.2, 0) is 0 Å². The van der Waals surface area contributed by atoms with Gasteiger partial charge in [-0.3, -0.25) is 14.2 Å². The molecule has 0 radical (unpaired) electrons. The number of hydrogen-bond donors (Lipinski definition) is 2. The third kappa shape index (κ3) is 4.65. The first-order valence-electron chi connectivity index (χ1n) is 9.71. The highest BCUT2D eigenvalue weighted by Gasteiger charge is 2.19. The van der Waals surface area contributed by atoms with Gasteiger partial charge >= 0.3 is 0 Å². The molecule has 2 aromatic heterocycles. The van der Waals surface area contributed by atoms with E-state index < -0.39 is 23.4 Å². The number of anilines is 2. The van der Waals surface area contributed by atoms with Gasteiger partial charge in [-0.1, -0.05) is 11.8 Å². The van der Waals surface area contributed by atoms with Crippen molar-refractivity contribution in [2.45, 2.75) is 12.1 Å². The van der Waals surface area contributed by atoms with Gasteiger partial charge in [0.2, 0.25) is 0 Å². The maximum atomic E-state index is 14.3. The third-order valence-corrected chi connectivity index (χ3v) is 5.46. The molecule has 2 N–H and O–H groups in total. The Hall–Kier alpha value is -3.92. The molecule has 0 saturated carbocycles. The van der Waals surface area contributed by atoms with Crippen LogP contribution in [-0.4, -0.2) is 27.6 Å². The predicted octanol–water partition coefficient (Wildman–Crippen LogP) is 5.28. The molecule has 10 heteroatoms. The molecule has 0 unspecified atom stereocenters. The molecule has 0 aliphatic rings. The van der Waals surface area contributed by atoms with Crippen molar-refractivity contribution in [2.24, 2.45) is 0 Å². The summed E-state index contributed by atoms with van der Waals surface area (Å²) in [6.07, 6.45) is 4.57. The van der Waals surface area contributed by atoms with Gasteiger partial charge in [0.15, 0.2) is 5.16 Å². The number of carbonyl (C=O) groups excluding carboxylic acids is 2. The third-order valence-electron chi connectivity index (χ3n) is 4.81. The Morgan fingerprint density at radius 2 is 1.79 bits per heavy atom. The van der Waals surface area contributed by atoms with Crippen molar-refractivity contribution >= 4 is 35.0 Å². The van der Waals surface area contributed by atoms with Crippen LogP contribution in [0.1, 0.15) is 26.6 Å². The highest BCUT2D eigenvalue weighted by atomic mass is 32.2. The molecule has 4 aromatic rings. The Labute approximate surface area is 191 Å². The van der Waals surface area contributed by atoms with Crippen molar-refractivity contribution in [3.8, 4) is 5.69 Å². The number of hydrogen-bond acceptors (Lipinski definition) is 5. The number of imidazole rings is 1. The fourth-order valence-corrected chi connectivity index (χ4v) is 3.73. The van der Waals surface area contributed by atoms with E-state index in [1.165, 1.54) is 66.7 Å². The fraction of sp³-hybridized carbons (Fsp3) is 0.0870. The number of thioether (sulfide) groups is 1. The van der Waals surface area contributed by atoms with Crippen LogP contribution in [0.4, 0.5) is 20.2 Å². The monoisotopic (exact) mass is 468 g/mol. The number of carbonyl (C=O) groups is 2. The van der Waals surface area contributed by atoms with Crippen molar-refractivity contribution in [3.63, 3.8) is 0 Å². The topological polar surface area (TPSA) is 89.2 Å². The lowest BCUT2D eigenvalue weighted by Crippen LogP contribution is -2.17. The number of halogens is 2. The van der Waals surface area contributed by atoms with E-state index in [0.717, 1.165) is 6.07 Å². The molecule has 0 aliphatic carbocycles. The fourth-order valence-electron chi connectivity index (χ4n) is 3.18. The van der Waals surface area contributed by atoms with Crippen LogP contribution in [0.5, 0.6) is 0 Å². The molecule has 0 bridgehead atoms. The van der Waals surface area contributed by atoms with Crippen LogP contribution in [0.15, 0.2) is 70.6 Å². The highest BCUT2D eigenvalue weighted by Crippen LogP contribution is 2.25. The molecule has 0 fully saturated rings. The Kier molecular flexibility index (Phi) is 6.27. The molecule has 0 saturated heterocycles. The number of aromatic nitrogens is 2. The zero-order valence-electron chi connectivity index (χ0n) is 17.6. The molecule has 0 aliphatic heterocycles. The van der Waals surface area contributed by atoms with Gasteiger partial charge in [0.25, 0.3) is 11.8 Å². The van der Waals surface area contributed by atoms with Crippen LogP contribution in [0.2, 0.25) is 0 Å². The summed E-state index contributed by atoms with van der Waals surface area (Å²) >= 11 is 1.32. The van der Waals surface area contributed by atoms with Crippen LogP contribution < -0.4 is 10.6 Å². The first-order valence-corrected chi connectivity index (χ1v) is 10.9. The molecule has 7 nitrogen and oxygen atoms in total. The quantitative estimate of drug-likeness (QED) is 0.376. The Balaban J connectivity index is 1.59. The molecule has 0 spiro atoms. The first kappa shape index (κ1) is 22.3. The van der Waals surface area contributed by atoms with Crippen molar-refractivity contribution in [1.82, 2.24) is 9.55 Å². The minimum absolute atomic E-state index is 0.102. The van der Waals surface area contributed by atoms with Gasteiger partial charge in [0.1, 0.15) is 23.1 Å². The molecule has 2 amide bonds. The van der Waals surface area contributed by atoms with E-state index in [2.05, 4.69) is 15.6 Å². The highest BCUT2D eigenvalue weighted by molar-refractivity contribution is 7.98. The second kappa shape index (κ2) is 9.29. The number of benzene rings is 2. The number of amides is 2. The van der Waals surface area contributed by atoms with Crippen LogP contribution in [0.3, 0.4) is 0 Å². The lowest BCUT2D eigenvalue weighted by Gasteiger charge is -2.12. The SMILES string of the molecule is CSc1ncc(C(=O)Nc2ccc(F)c(NC(=O)c3ccoc3C)c2)n1-c1ccc(F)cc1. The van der Waals surface area contributed by atoms with Crippen molar-refractivity contribution in [3.05, 3.63) is 89.6 Å². The summed E-state index contributed by atoms with van der Waals surface area (Å²) < 4.78 is 34.3. The van der Waals surface area contributed by atoms with E-state index in [4.69, 9.17) is 4.42 Å². The van der Waals surface area contributed by atoms with E-state index in [9.17, 15) is 18.4 Å². The summed E-state index contributed by atoms with van der Waals surface area (Å²) in [5.74, 6) is -1.72.